The number of aromatic amines is 1. The van der Waals surface area contributed by atoms with E-state index in [9.17, 15) is 0 Å². The van der Waals surface area contributed by atoms with Crippen LogP contribution < -0.4 is 19.5 Å². The number of hydrogen-bond donors (Lipinski definition) is 2. The molecule has 0 aliphatic carbocycles. The number of methoxy groups -OCH3 is 3. The van der Waals surface area contributed by atoms with Gasteiger partial charge in [0.05, 0.1) is 21.3 Å². The van der Waals surface area contributed by atoms with E-state index >= 15 is 0 Å². The Hall–Kier alpha value is -2.28. The Balaban J connectivity index is 1.99. The highest BCUT2D eigenvalue weighted by Gasteiger charge is 2.15. The summed E-state index contributed by atoms with van der Waals surface area (Å²) in [5, 5.41) is 9.98. The summed E-state index contributed by atoms with van der Waals surface area (Å²) in [4.78, 5) is 4.08. The van der Waals surface area contributed by atoms with Crippen LogP contribution >= 0.6 is 0 Å². The third-order valence-corrected chi connectivity index (χ3v) is 3.10. The molecule has 114 valence electrons. The first-order valence-corrected chi connectivity index (χ1v) is 6.63. The van der Waals surface area contributed by atoms with E-state index in [-0.39, 0.29) is 0 Å². The Morgan fingerprint density at radius 1 is 1.10 bits per heavy atom. The molecule has 2 N–H and O–H groups in total. The molecule has 1 heterocycles. The van der Waals surface area contributed by atoms with Crippen molar-refractivity contribution in [1.29, 1.82) is 0 Å². The summed E-state index contributed by atoms with van der Waals surface area (Å²) in [6.45, 7) is 1.45. The molecule has 7 nitrogen and oxygen atoms in total. The fourth-order valence-corrected chi connectivity index (χ4v) is 2.08. The molecule has 0 amide bonds. The molecular formula is C14H20N4O3. The van der Waals surface area contributed by atoms with Gasteiger partial charge in [0.15, 0.2) is 11.5 Å². The highest BCUT2D eigenvalue weighted by atomic mass is 16.5. The number of hydrogen-bond acceptors (Lipinski definition) is 6. The zero-order valence-electron chi connectivity index (χ0n) is 12.5. The first-order chi connectivity index (χ1) is 10.3. The largest absolute Gasteiger partial charge is 0.493 e. The van der Waals surface area contributed by atoms with Crippen molar-refractivity contribution >= 4 is 0 Å². The van der Waals surface area contributed by atoms with Crippen LogP contribution in [0.2, 0.25) is 0 Å². The average Bonchev–Trinajstić information content (AvgIpc) is 3.03. The topological polar surface area (TPSA) is 81.3 Å². The minimum atomic E-state index is 0.606. The Kier molecular flexibility index (Phi) is 5.39. The molecular weight excluding hydrogens is 272 g/mol. The van der Waals surface area contributed by atoms with E-state index in [0.717, 1.165) is 24.4 Å². The number of nitrogens with one attached hydrogen (secondary N) is 2. The van der Waals surface area contributed by atoms with Gasteiger partial charge in [0.1, 0.15) is 12.2 Å². The molecule has 1 aromatic carbocycles. The lowest BCUT2D eigenvalue weighted by atomic mass is 10.1. The Labute approximate surface area is 123 Å². The molecule has 0 radical (unpaired) electrons. The number of aromatic nitrogens is 3. The van der Waals surface area contributed by atoms with Gasteiger partial charge in [-0.2, -0.15) is 5.10 Å². The molecule has 0 saturated carbocycles. The number of H-pyrrole nitrogens is 1. The van der Waals surface area contributed by atoms with Crippen LogP contribution in [0, 0.1) is 0 Å². The van der Waals surface area contributed by atoms with Crippen LogP contribution in [0.25, 0.3) is 0 Å². The monoisotopic (exact) mass is 292 g/mol. The van der Waals surface area contributed by atoms with E-state index in [4.69, 9.17) is 14.2 Å². The zero-order valence-corrected chi connectivity index (χ0v) is 12.5. The maximum Gasteiger partial charge on any atom is 0.203 e. The highest BCUT2D eigenvalue weighted by molar-refractivity contribution is 5.55. The number of ether oxygens (including phenoxy) is 3. The van der Waals surface area contributed by atoms with Crippen molar-refractivity contribution in [3.8, 4) is 17.2 Å². The second-order valence-corrected chi connectivity index (χ2v) is 4.35. The standard InChI is InChI=1S/C14H20N4O3/c1-19-11-5-4-10(13(20-2)14(11)21-3)8-15-7-6-12-16-9-17-18-12/h4-5,9,15H,6-8H2,1-3H3,(H,16,17,18). The van der Waals surface area contributed by atoms with E-state index in [1.807, 2.05) is 12.1 Å². The molecule has 0 unspecified atom stereocenters. The van der Waals surface area contributed by atoms with Crippen molar-refractivity contribution in [2.45, 2.75) is 13.0 Å². The van der Waals surface area contributed by atoms with Crippen LogP contribution in [-0.4, -0.2) is 43.1 Å². The molecule has 0 aliphatic rings. The van der Waals surface area contributed by atoms with Crippen LogP contribution in [-0.2, 0) is 13.0 Å². The smallest absolute Gasteiger partial charge is 0.203 e. The Bertz CT molecular complexity index is 558. The van der Waals surface area contributed by atoms with Gasteiger partial charge in [0, 0.05) is 25.1 Å². The lowest BCUT2D eigenvalue weighted by molar-refractivity contribution is 0.321. The Morgan fingerprint density at radius 2 is 1.90 bits per heavy atom. The first-order valence-electron chi connectivity index (χ1n) is 6.63. The normalized spacial score (nSPS) is 10.4. The predicted octanol–water partition coefficient (Wildman–Crippen LogP) is 1.16. The maximum atomic E-state index is 5.44. The molecule has 2 aromatic rings. The van der Waals surface area contributed by atoms with E-state index in [2.05, 4.69) is 20.5 Å². The molecule has 0 saturated heterocycles. The van der Waals surface area contributed by atoms with Crippen LogP contribution in [0.5, 0.6) is 17.2 Å². The summed E-state index contributed by atoms with van der Waals surface area (Å²) < 4.78 is 16.1. The molecule has 2 rings (SSSR count). The lowest BCUT2D eigenvalue weighted by Gasteiger charge is -2.16. The quantitative estimate of drug-likeness (QED) is 0.711. The van der Waals surface area contributed by atoms with Gasteiger partial charge in [-0.25, -0.2) is 4.98 Å². The van der Waals surface area contributed by atoms with Crippen LogP contribution in [0.3, 0.4) is 0 Å². The fourth-order valence-electron chi connectivity index (χ4n) is 2.08. The van der Waals surface area contributed by atoms with Crippen molar-refractivity contribution in [3.63, 3.8) is 0 Å². The molecule has 1 aromatic heterocycles. The molecule has 21 heavy (non-hydrogen) atoms. The van der Waals surface area contributed by atoms with Gasteiger partial charge in [-0.05, 0) is 6.07 Å². The fraction of sp³-hybridized carbons (Fsp3) is 0.429. The van der Waals surface area contributed by atoms with Crippen molar-refractivity contribution in [1.82, 2.24) is 20.5 Å². The van der Waals surface area contributed by atoms with Gasteiger partial charge in [0.25, 0.3) is 0 Å². The number of benzene rings is 1. The van der Waals surface area contributed by atoms with Gasteiger partial charge in [-0.3, -0.25) is 5.10 Å². The van der Waals surface area contributed by atoms with Gasteiger partial charge in [-0.15, -0.1) is 0 Å². The van der Waals surface area contributed by atoms with Crippen molar-refractivity contribution in [2.24, 2.45) is 0 Å². The molecule has 0 spiro atoms. The zero-order chi connectivity index (χ0) is 15.1. The maximum absolute atomic E-state index is 5.44. The summed E-state index contributed by atoms with van der Waals surface area (Å²) in [6.07, 6.45) is 2.29. The average molecular weight is 292 g/mol. The second-order valence-electron chi connectivity index (χ2n) is 4.35. The molecule has 0 aliphatic heterocycles. The Morgan fingerprint density at radius 3 is 2.52 bits per heavy atom. The first kappa shape index (κ1) is 15.1. The summed E-state index contributed by atoms with van der Waals surface area (Å²) in [5.41, 5.74) is 1.01. The number of rotatable bonds is 8. The predicted molar refractivity (Wildman–Crippen MR) is 77.9 cm³/mol. The molecule has 0 bridgehead atoms. The summed E-state index contributed by atoms with van der Waals surface area (Å²) in [5.74, 6) is 2.81. The van der Waals surface area contributed by atoms with Crippen LogP contribution in [0.15, 0.2) is 18.5 Å². The molecule has 0 atom stereocenters. The van der Waals surface area contributed by atoms with E-state index in [1.54, 1.807) is 21.3 Å². The van der Waals surface area contributed by atoms with Gasteiger partial charge < -0.3 is 19.5 Å². The minimum Gasteiger partial charge on any atom is -0.493 e. The number of nitrogens with zero attached hydrogens (tertiary/aromatic N) is 2. The third-order valence-electron chi connectivity index (χ3n) is 3.10. The van der Waals surface area contributed by atoms with Gasteiger partial charge in [0.2, 0.25) is 5.75 Å². The van der Waals surface area contributed by atoms with Gasteiger partial charge in [-0.1, -0.05) is 6.07 Å². The van der Waals surface area contributed by atoms with E-state index in [1.165, 1.54) is 6.33 Å². The molecule has 7 heteroatoms. The lowest BCUT2D eigenvalue weighted by Crippen LogP contribution is -2.18. The minimum absolute atomic E-state index is 0.606. The molecule has 0 fully saturated rings. The second kappa shape index (κ2) is 7.49. The van der Waals surface area contributed by atoms with Crippen molar-refractivity contribution in [2.75, 3.05) is 27.9 Å². The summed E-state index contributed by atoms with van der Waals surface area (Å²) in [7, 11) is 4.82. The van der Waals surface area contributed by atoms with E-state index in [0.29, 0.717) is 23.8 Å². The SMILES string of the molecule is COc1ccc(CNCCc2ncn[nH]2)c(OC)c1OC. The van der Waals surface area contributed by atoms with Crippen LogP contribution in [0.4, 0.5) is 0 Å². The summed E-state index contributed by atoms with van der Waals surface area (Å²) in [6, 6.07) is 3.83. The van der Waals surface area contributed by atoms with Crippen molar-refractivity contribution in [3.05, 3.63) is 29.8 Å². The van der Waals surface area contributed by atoms with Gasteiger partial charge >= 0.3 is 0 Å². The van der Waals surface area contributed by atoms with Crippen LogP contribution in [0.1, 0.15) is 11.4 Å². The third kappa shape index (κ3) is 3.63. The van der Waals surface area contributed by atoms with Crippen molar-refractivity contribution < 1.29 is 14.2 Å². The summed E-state index contributed by atoms with van der Waals surface area (Å²) >= 11 is 0. The van der Waals surface area contributed by atoms with E-state index < -0.39 is 0 Å². The highest BCUT2D eigenvalue weighted by Crippen LogP contribution is 2.39.